The Balaban J connectivity index is 1.84. The van der Waals surface area contributed by atoms with Crippen LogP contribution >= 0.6 is 0 Å². The average Bonchev–Trinajstić information content (AvgIpc) is 2.76. The van der Waals surface area contributed by atoms with Gasteiger partial charge in [0.15, 0.2) is 0 Å². The van der Waals surface area contributed by atoms with Crippen LogP contribution in [0.4, 0.5) is 4.79 Å². The highest BCUT2D eigenvalue weighted by Crippen LogP contribution is 2.26. The molecular weight excluding hydrogens is 204 g/mol. The molecule has 4 nitrogen and oxygen atoms in total. The molecule has 2 atom stereocenters. The number of carbonyl (C=O) groups excluding carboxylic acids is 1. The standard InChI is InChI=1S/C12H22N2O2/c1-2-3-7-16-12(15)14-6-4-5-10-8-13-9-11(10)14/h10-11,13H,2-9H2,1H3. The summed E-state index contributed by atoms with van der Waals surface area (Å²) in [6, 6.07) is 0.378. The Bertz CT molecular complexity index is 245. The monoisotopic (exact) mass is 226 g/mol. The lowest BCUT2D eigenvalue weighted by atomic mass is 9.92. The van der Waals surface area contributed by atoms with Gasteiger partial charge in [0, 0.05) is 19.6 Å². The number of carbonyl (C=O) groups is 1. The Kier molecular flexibility index (Phi) is 4.04. The molecule has 0 radical (unpaired) electrons. The first-order chi connectivity index (χ1) is 7.83. The number of ether oxygens (including phenoxy) is 1. The van der Waals surface area contributed by atoms with Crippen molar-refractivity contribution in [3.8, 4) is 0 Å². The smallest absolute Gasteiger partial charge is 0.410 e. The van der Waals surface area contributed by atoms with E-state index in [1.807, 2.05) is 4.90 Å². The first-order valence-corrected chi connectivity index (χ1v) is 6.47. The van der Waals surface area contributed by atoms with E-state index in [2.05, 4.69) is 12.2 Å². The molecule has 2 heterocycles. The summed E-state index contributed by atoms with van der Waals surface area (Å²) in [5.41, 5.74) is 0. The summed E-state index contributed by atoms with van der Waals surface area (Å²) in [7, 11) is 0. The number of nitrogens with zero attached hydrogens (tertiary/aromatic N) is 1. The van der Waals surface area contributed by atoms with E-state index in [0.717, 1.165) is 38.9 Å². The Morgan fingerprint density at radius 3 is 3.19 bits per heavy atom. The van der Waals surface area contributed by atoms with Gasteiger partial charge in [0.05, 0.1) is 12.6 Å². The van der Waals surface area contributed by atoms with Gasteiger partial charge in [0.25, 0.3) is 0 Å². The van der Waals surface area contributed by atoms with Gasteiger partial charge < -0.3 is 15.0 Å². The van der Waals surface area contributed by atoms with Crippen LogP contribution in [0.15, 0.2) is 0 Å². The third-order valence-electron chi connectivity index (χ3n) is 3.64. The molecule has 0 bridgehead atoms. The second-order valence-corrected chi connectivity index (χ2v) is 4.79. The number of fused-ring (bicyclic) bond motifs is 1. The van der Waals surface area contributed by atoms with Crippen LogP contribution in [0.5, 0.6) is 0 Å². The van der Waals surface area contributed by atoms with E-state index in [1.54, 1.807) is 0 Å². The predicted octanol–water partition coefficient (Wildman–Crippen LogP) is 1.61. The van der Waals surface area contributed by atoms with Crippen LogP contribution in [0, 0.1) is 5.92 Å². The summed E-state index contributed by atoms with van der Waals surface area (Å²) in [4.78, 5) is 13.8. The molecule has 0 aromatic heterocycles. The topological polar surface area (TPSA) is 41.6 Å². The molecule has 0 aromatic rings. The summed E-state index contributed by atoms with van der Waals surface area (Å²) in [5, 5.41) is 3.37. The van der Waals surface area contributed by atoms with Gasteiger partial charge in [-0.3, -0.25) is 0 Å². The number of unbranched alkanes of at least 4 members (excludes halogenated alkanes) is 1. The molecule has 2 aliphatic heterocycles. The fraction of sp³-hybridized carbons (Fsp3) is 0.917. The minimum absolute atomic E-state index is 0.105. The van der Waals surface area contributed by atoms with Gasteiger partial charge in [0.2, 0.25) is 0 Å². The molecular formula is C12H22N2O2. The van der Waals surface area contributed by atoms with Gasteiger partial charge in [-0.1, -0.05) is 13.3 Å². The van der Waals surface area contributed by atoms with Crippen LogP contribution < -0.4 is 5.32 Å². The van der Waals surface area contributed by atoms with Crippen molar-refractivity contribution in [2.45, 2.75) is 38.6 Å². The molecule has 0 aliphatic carbocycles. The fourth-order valence-corrected chi connectivity index (χ4v) is 2.68. The van der Waals surface area contributed by atoms with Crippen molar-refractivity contribution in [1.82, 2.24) is 10.2 Å². The van der Waals surface area contributed by atoms with Crippen LogP contribution in [0.25, 0.3) is 0 Å². The van der Waals surface area contributed by atoms with Gasteiger partial charge in [0.1, 0.15) is 0 Å². The maximum Gasteiger partial charge on any atom is 0.410 e. The molecule has 0 saturated carbocycles. The Morgan fingerprint density at radius 1 is 1.50 bits per heavy atom. The molecule has 16 heavy (non-hydrogen) atoms. The summed E-state index contributed by atoms with van der Waals surface area (Å²) in [5.74, 6) is 0.646. The van der Waals surface area contributed by atoms with Crippen molar-refractivity contribution in [2.75, 3.05) is 26.2 Å². The number of amides is 1. The summed E-state index contributed by atoms with van der Waals surface area (Å²) >= 11 is 0. The van der Waals surface area contributed by atoms with E-state index in [9.17, 15) is 4.79 Å². The van der Waals surface area contributed by atoms with E-state index in [1.165, 1.54) is 6.42 Å². The molecule has 0 aromatic carbocycles. The molecule has 1 N–H and O–H groups in total. The van der Waals surface area contributed by atoms with E-state index >= 15 is 0 Å². The van der Waals surface area contributed by atoms with Gasteiger partial charge in [-0.25, -0.2) is 4.79 Å². The normalized spacial score (nSPS) is 28.9. The molecule has 1 amide bonds. The van der Waals surface area contributed by atoms with Crippen molar-refractivity contribution in [3.63, 3.8) is 0 Å². The number of hydrogen-bond donors (Lipinski definition) is 1. The lowest BCUT2D eigenvalue weighted by Gasteiger charge is -2.36. The van der Waals surface area contributed by atoms with Crippen LogP contribution in [-0.2, 0) is 4.74 Å². The predicted molar refractivity (Wildman–Crippen MR) is 62.3 cm³/mol. The number of nitrogens with one attached hydrogen (secondary N) is 1. The quantitative estimate of drug-likeness (QED) is 0.743. The van der Waals surface area contributed by atoms with Gasteiger partial charge in [-0.05, 0) is 25.2 Å². The summed E-state index contributed by atoms with van der Waals surface area (Å²) in [6.45, 7) is 5.53. The van der Waals surface area contributed by atoms with Crippen molar-refractivity contribution in [3.05, 3.63) is 0 Å². The van der Waals surface area contributed by atoms with E-state index in [0.29, 0.717) is 18.6 Å². The summed E-state index contributed by atoms with van der Waals surface area (Å²) < 4.78 is 5.29. The highest BCUT2D eigenvalue weighted by atomic mass is 16.6. The largest absolute Gasteiger partial charge is 0.449 e. The van der Waals surface area contributed by atoms with Crippen molar-refractivity contribution in [2.24, 2.45) is 5.92 Å². The summed E-state index contributed by atoms with van der Waals surface area (Å²) in [6.07, 6.45) is 4.29. The second kappa shape index (κ2) is 5.53. The van der Waals surface area contributed by atoms with Crippen molar-refractivity contribution < 1.29 is 9.53 Å². The first kappa shape index (κ1) is 11.7. The maximum atomic E-state index is 11.9. The maximum absolute atomic E-state index is 11.9. The molecule has 92 valence electrons. The molecule has 0 spiro atoms. The zero-order valence-electron chi connectivity index (χ0n) is 10.1. The van der Waals surface area contributed by atoms with Crippen LogP contribution in [-0.4, -0.2) is 43.3 Å². The number of piperidine rings is 1. The lowest BCUT2D eigenvalue weighted by molar-refractivity contribution is 0.0653. The van der Waals surface area contributed by atoms with E-state index < -0.39 is 0 Å². The van der Waals surface area contributed by atoms with E-state index in [4.69, 9.17) is 4.74 Å². The lowest BCUT2D eigenvalue weighted by Crippen LogP contribution is -2.48. The highest BCUT2D eigenvalue weighted by molar-refractivity contribution is 5.68. The molecule has 2 rings (SSSR count). The van der Waals surface area contributed by atoms with Crippen molar-refractivity contribution >= 4 is 6.09 Å². The molecule has 2 saturated heterocycles. The Labute approximate surface area is 97.3 Å². The third kappa shape index (κ3) is 2.48. The molecule has 4 heteroatoms. The first-order valence-electron chi connectivity index (χ1n) is 6.47. The van der Waals surface area contributed by atoms with Crippen LogP contribution in [0.3, 0.4) is 0 Å². The SMILES string of the molecule is CCCCOC(=O)N1CCCC2CNCC21. The molecule has 2 fully saturated rings. The number of likely N-dealkylation sites (tertiary alicyclic amines) is 1. The Morgan fingerprint density at radius 2 is 2.38 bits per heavy atom. The minimum atomic E-state index is -0.105. The van der Waals surface area contributed by atoms with Crippen LogP contribution in [0.2, 0.25) is 0 Å². The zero-order valence-corrected chi connectivity index (χ0v) is 10.1. The third-order valence-corrected chi connectivity index (χ3v) is 3.64. The van der Waals surface area contributed by atoms with Gasteiger partial charge >= 0.3 is 6.09 Å². The molecule has 2 aliphatic rings. The highest BCUT2D eigenvalue weighted by Gasteiger charge is 2.37. The van der Waals surface area contributed by atoms with Gasteiger partial charge in [-0.15, -0.1) is 0 Å². The Hall–Kier alpha value is -0.770. The number of hydrogen-bond acceptors (Lipinski definition) is 3. The fourth-order valence-electron chi connectivity index (χ4n) is 2.68. The van der Waals surface area contributed by atoms with Gasteiger partial charge in [-0.2, -0.15) is 0 Å². The molecule has 2 unspecified atom stereocenters. The minimum Gasteiger partial charge on any atom is -0.449 e. The van der Waals surface area contributed by atoms with Crippen molar-refractivity contribution in [1.29, 1.82) is 0 Å². The van der Waals surface area contributed by atoms with E-state index in [-0.39, 0.29) is 6.09 Å². The number of rotatable bonds is 3. The zero-order chi connectivity index (χ0) is 11.4. The average molecular weight is 226 g/mol. The van der Waals surface area contributed by atoms with Crippen LogP contribution in [0.1, 0.15) is 32.6 Å². The second-order valence-electron chi connectivity index (χ2n) is 4.79.